The lowest BCUT2D eigenvalue weighted by Gasteiger charge is -2.16. The van der Waals surface area contributed by atoms with Crippen LogP contribution in [0.3, 0.4) is 0 Å². The van der Waals surface area contributed by atoms with Crippen LogP contribution in [0.25, 0.3) is 0 Å². The number of ether oxygens (including phenoxy) is 1. The maximum Gasteiger partial charge on any atom is 0.407 e. The Hall–Kier alpha value is -5.32. The summed E-state index contributed by atoms with van der Waals surface area (Å²) < 4.78 is 10.6. The first-order chi connectivity index (χ1) is 21.9. The number of pyridine rings is 1. The number of Topliss-reactive ketones (excluding diaryl/α,β-unsaturated/α-hetero) is 1. The molecule has 2 atom stereocenters. The van der Waals surface area contributed by atoms with Gasteiger partial charge < -0.3 is 25.1 Å². The molecule has 4 rings (SSSR count). The molecule has 2 aromatic carbocycles. The Kier molecular flexibility index (Phi) is 12.4. The molecule has 0 saturated carbocycles. The summed E-state index contributed by atoms with van der Waals surface area (Å²) in [5.74, 6) is -1.80. The highest BCUT2D eigenvalue weighted by Gasteiger charge is 2.27. The van der Waals surface area contributed by atoms with Gasteiger partial charge in [0.2, 0.25) is 11.7 Å². The molecule has 2 heterocycles. The second-order valence-electron chi connectivity index (χ2n) is 10.6. The third-order valence-electron chi connectivity index (χ3n) is 7.08. The molecule has 0 bridgehead atoms. The summed E-state index contributed by atoms with van der Waals surface area (Å²) >= 11 is 0. The number of carbonyl (C=O) groups is 4. The Morgan fingerprint density at radius 3 is 2.24 bits per heavy atom. The number of ketones is 1. The van der Waals surface area contributed by atoms with E-state index in [1.807, 2.05) is 67.6 Å². The lowest BCUT2D eigenvalue weighted by molar-refractivity contribution is -0.121. The van der Waals surface area contributed by atoms with E-state index in [1.165, 1.54) is 0 Å². The van der Waals surface area contributed by atoms with Gasteiger partial charge in [-0.05, 0) is 47.6 Å². The summed E-state index contributed by atoms with van der Waals surface area (Å²) in [5, 5.41) is 8.35. The van der Waals surface area contributed by atoms with Crippen LogP contribution < -0.4 is 16.0 Å². The van der Waals surface area contributed by atoms with Gasteiger partial charge in [0.05, 0.1) is 5.92 Å². The number of nitrogens with one attached hydrogen (secondary N) is 3. The summed E-state index contributed by atoms with van der Waals surface area (Å²) in [5.41, 5.74) is 2.52. The quantitative estimate of drug-likeness (QED) is 0.153. The number of carbonyl (C=O) groups excluding carboxylic acids is 4. The van der Waals surface area contributed by atoms with E-state index in [1.54, 1.807) is 24.5 Å². The molecule has 11 heteroatoms. The van der Waals surface area contributed by atoms with Gasteiger partial charge >= 0.3 is 6.09 Å². The molecule has 2 unspecified atom stereocenters. The van der Waals surface area contributed by atoms with Crippen molar-refractivity contribution >= 4 is 23.7 Å². The molecule has 0 aliphatic carbocycles. The van der Waals surface area contributed by atoms with Crippen molar-refractivity contribution in [3.8, 4) is 0 Å². The monoisotopic (exact) mass is 611 g/mol. The van der Waals surface area contributed by atoms with E-state index in [-0.39, 0.29) is 55.3 Å². The van der Waals surface area contributed by atoms with E-state index in [2.05, 4.69) is 25.9 Å². The van der Waals surface area contributed by atoms with Crippen molar-refractivity contribution < 1.29 is 28.3 Å². The van der Waals surface area contributed by atoms with Crippen LogP contribution in [-0.4, -0.2) is 46.7 Å². The van der Waals surface area contributed by atoms with Crippen molar-refractivity contribution in [2.24, 2.45) is 5.92 Å². The molecule has 0 aliphatic rings. The summed E-state index contributed by atoms with van der Waals surface area (Å²) in [7, 11) is 0. The van der Waals surface area contributed by atoms with Gasteiger partial charge in [0.25, 0.3) is 11.8 Å². The minimum absolute atomic E-state index is 0.000421. The van der Waals surface area contributed by atoms with Crippen molar-refractivity contribution in [3.63, 3.8) is 0 Å². The molecule has 2 aromatic heterocycles. The van der Waals surface area contributed by atoms with Crippen LogP contribution >= 0.6 is 0 Å². The number of benzene rings is 2. The Balaban J connectivity index is 1.22. The summed E-state index contributed by atoms with van der Waals surface area (Å²) in [6.45, 7) is 3.03. The van der Waals surface area contributed by atoms with Crippen LogP contribution in [0.5, 0.6) is 0 Å². The molecule has 11 nitrogen and oxygen atoms in total. The number of nitrogens with zero attached hydrogens (tertiary/aromatic N) is 2. The van der Waals surface area contributed by atoms with Crippen LogP contribution in [0.4, 0.5) is 4.79 Å². The van der Waals surface area contributed by atoms with Crippen LogP contribution in [0.1, 0.15) is 70.0 Å². The molecule has 0 radical (unpaired) electrons. The fourth-order valence-corrected chi connectivity index (χ4v) is 4.59. The molecule has 45 heavy (non-hydrogen) atoms. The average Bonchev–Trinajstić information content (AvgIpc) is 3.56. The van der Waals surface area contributed by atoms with Crippen LogP contribution in [0.2, 0.25) is 0 Å². The van der Waals surface area contributed by atoms with Crippen molar-refractivity contribution in [1.82, 2.24) is 25.9 Å². The predicted molar refractivity (Wildman–Crippen MR) is 166 cm³/mol. The van der Waals surface area contributed by atoms with Crippen LogP contribution in [0.15, 0.2) is 95.9 Å². The number of hydrogen-bond donors (Lipinski definition) is 3. The van der Waals surface area contributed by atoms with Crippen molar-refractivity contribution in [1.29, 1.82) is 0 Å². The van der Waals surface area contributed by atoms with Gasteiger partial charge in [-0.2, -0.15) is 0 Å². The van der Waals surface area contributed by atoms with E-state index in [0.717, 1.165) is 23.0 Å². The van der Waals surface area contributed by atoms with Crippen molar-refractivity contribution in [2.45, 2.75) is 45.3 Å². The lowest BCUT2D eigenvalue weighted by Crippen LogP contribution is -2.30. The highest BCUT2D eigenvalue weighted by atomic mass is 16.5. The summed E-state index contributed by atoms with van der Waals surface area (Å²) in [6.07, 6.45) is 5.10. The van der Waals surface area contributed by atoms with E-state index in [0.29, 0.717) is 19.4 Å². The molecule has 0 spiro atoms. The zero-order valence-corrected chi connectivity index (χ0v) is 25.1. The molecule has 4 aromatic rings. The third kappa shape index (κ3) is 10.7. The zero-order valence-electron chi connectivity index (χ0n) is 25.1. The minimum Gasteiger partial charge on any atom is -0.445 e. The maximum absolute atomic E-state index is 13.5. The minimum atomic E-state index is -0.638. The molecular weight excluding hydrogens is 574 g/mol. The molecule has 0 aliphatic heterocycles. The Morgan fingerprint density at radius 2 is 1.51 bits per heavy atom. The van der Waals surface area contributed by atoms with E-state index in [4.69, 9.17) is 9.15 Å². The molecular formula is C34H37N5O6. The number of alkyl carbamates (subject to hydrolysis) is 1. The number of rotatable bonds is 16. The van der Waals surface area contributed by atoms with Crippen molar-refractivity contribution in [2.75, 3.05) is 13.1 Å². The fourth-order valence-electron chi connectivity index (χ4n) is 4.59. The normalized spacial score (nSPS) is 12.0. The third-order valence-corrected chi connectivity index (χ3v) is 7.08. The van der Waals surface area contributed by atoms with E-state index >= 15 is 0 Å². The molecule has 0 saturated heterocycles. The standard InChI is InChI=1S/C34H37N5O6/c1-24(12-18-37-34(43)45-22-26-8-4-2-5-9-26)20-30(40)36-19-15-28(27-10-6-3-7-11-27)31(41)33-39-29(23-44-33)32(42)38-21-25-13-16-35-17-14-25/h2-11,13-14,16-17,23-24,28H,12,15,18-22H2,1H3,(H,36,40)(H,37,43)(H,38,42). The number of hydrogen-bond acceptors (Lipinski definition) is 8. The molecule has 0 fully saturated rings. The highest BCUT2D eigenvalue weighted by molar-refractivity contribution is 5.99. The van der Waals surface area contributed by atoms with Gasteiger partial charge in [0, 0.05) is 38.4 Å². The zero-order chi connectivity index (χ0) is 31.9. The SMILES string of the molecule is CC(CCNC(=O)OCc1ccccc1)CC(=O)NCCC(C(=O)c1nc(C(=O)NCc2ccncc2)co1)c1ccccc1. The van der Waals surface area contributed by atoms with Gasteiger partial charge in [0.15, 0.2) is 5.69 Å². The van der Waals surface area contributed by atoms with Gasteiger partial charge in [-0.1, -0.05) is 67.6 Å². The van der Waals surface area contributed by atoms with E-state index < -0.39 is 17.9 Å². The molecule has 234 valence electrons. The fraction of sp³-hybridized carbons (Fsp3) is 0.294. The van der Waals surface area contributed by atoms with E-state index in [9.17, 15) is 19.2 Å². The molecule has 3 amide bonds. The highest BCUT2D eigenvalue weighted by Crippen LogP contribution is 2.24. The number of aromatic nitrogens is 2. The first-order valence-corrected chi connectivity index (χ1v) is 14.8. The Bertz CT molecular complexity index is 1530. The summed E-state index contributed by atoms with van der Waals surface area (Å²) in [6, 6.07) is 22.1. The second-order valence-corrected chi connectivity index (χ2v) is 10.6. The summed E-state index contributed by atoms with van der Waals surface area (Å²) in [4.78, 5) is 58.7. The molecule has 3 N–H and O–H groups in total. The maximum atomic E-state index is 13.5. The largest absolute Gasteiger partial charge is 0.445 e. The first-order valence-electron chi connectivity index (χ1n) is 14.8. The Morgan fingerprint density at radius 1 is 0.822 bits per heavy atom. The van der Waals surface area contributed by atoms with Crippen LogP contribution in [0, 0.1) is 5.92 Å². The topological polar surface area (TPSA) is 153 Å². The number of amides is 3. The average molecular weight is 612 g/mol. The van der Waals surface area contributed by atoms with Crippen molar-refractivity contribution in [3.05, 3.63) is 120 Å². The van der Waals surface area contributed by atoms with Gasteiger partial charge in [-0.25, -0.2) is 9.78 Å². The lowest BCUT2D eigenvalue weighted by atomic mass is 9.91. The van der Waals surface area contributed by atoms with Gasteiger partial charge in [-0.3, -0.25) is 19.4 Å². The number of oxazole rings is 1. The van der Waals surface area contributed by atoms with Crippen LogP contribution in [-0.2, 0) is 22.7 Å². The van der Waals surface area contributed by atoms with Gasteiger partial charge in [0.1, 0.15) is 12.9 Å². The second kappa shape index (κ2) is 17.1. The Labute approximate surface area is 261 Å². The smallest absolute Gasteiger partial charge is 0.407 e. The van der Waals surface area contributed by atoms with Gasteiger partial charge in [-0.15, -0.1) is 0 Å². The first kappa shape index (κ1) is 32.6. The predicted octanol–water partition coefficient (Wildman–Crippen LogP) is 4.82.